The lowest BCUT2D eigenvalue weighted by molar-refractivity contribution is -0.143. The van der Waals surface area contributed by atoms with Crippen LogP contribution in [-0.2, 0) is 9.59 Å². The van der Waals surface area contributed by atoms with E-state index in [0.717, 1.165) is 45.1 Å². The summed E-state index contributed by atoms with van der Waals surface area (Å²) in [7, 11) is 0. The lowest BCUT2D eigenvalue weighted by Gasteiger charge is -2.35. The van der Waals surface area contributed by atoms with E-state index in [4.69, 9.17) is 0 Å². The third kappa shape index (κ3) is 4.58. The van der Waals surface area contributed by atoms with E-state index in [9.17, 15) is 9.59 Å². The summed E-state index contributed by atoms with van der Waals surface area (Å²) in [4.78, 5) is 26.6. The predicted molar refractivity (Wildman–Crippen MR) is 83.7 cm³/mol. The standard InChI is InChI=1S/C17H28N2O2/c1-13(2)12-15(19-11-7-6-10-16(19)20)17(21)18-14-8-4-3-5-9-14/h3-4,13-15H,5-12H2,1-2H3,(H,18,21)/t14-,15+/m1/s1. The first-order valence-corrected chi connectivity index (χ1v) is 8.32. The molecule has 0 aromatic rings. The Bertz CT molecular complexity index is 404. The molecule has 2 rings (SSSR count). The summed E-state index contributed by atoms with van der Waals surface area (Å²) in [5.41, 5.74) is 0. The van der Waals surface area contributed by atoms with Gasteiger partial charge in [-0.25, -0.2) is 0 Å². The molecular formula is C17H28N2O2. The Morgan fingerprint density at radius 2 is 2.19 bits per heavy atom. The molecule has 1 N–H and O–H groups in total. The van der Waals surface area contributed by atoms with Crippen molar-refractivity contribution in [2.45, 2.75) is 70.9 Å². The van der Waals surface area contributed by atoms with E-state index in [2.05, 4.69) is 31.3 Å². The van der Waals surface area contributed by atoms with E-state index in [-0.39, 0.29) is 23.9 Å². The lowest BCUT2D eigenvalue weighted by atomic mass is 9.97. The molecule has 1 fully saturated rings. The maximum atomic E-state index is 12.7. The van der Waals surface area contributed by atoms with Gasteiger partial charge in [0.05, 0.1) is 0 Å². The molecule has 1 heterocycles. The first kappa shape index (κ1) is 16.1. The molecule has 1 aliphatic carbocycles. The van der Waals surface area contributed by atoms with Crippen LogP contribution in [0.1, 0.15) is 58.8 Å². The monoisotopic (exact) mass is 292 g/mol. The second kappa shape index (κ2) is 7.62. The van der Waals surface area contributed by atoms with Crippen molar-refractivity contribution in [1.29, 1.82) is 0 Å². The normalized spacial score (nSPS) is 24.2. The number of allylic oxidation sites excluding steroid dienone is 1. The van der Waals surface area contributed by atoms with E-state index in [1.54, 1.807) is 0 Å². The summed E-state index contributed by atoms with van der Waals surface area (Å²) >= 11 is 0. The van der Waals surface area contributed by atoms with Crippen LogP contribution in [0.25, 0.3) is 0 Å². The molecule has 1 aliphatic heterocycles. The first-order valence-electron chi connectivity index (χ1n) is 8.32. The molecule has 0 bridgehead atoms. The topological polar surface area (TPSA) is 49.4 Å². The van der Waals surface area contributed by atoms with Gasteiger partial charge >= 0.3 is 0 Å². The van der Waals surface area contributed by atoms with Crippen molar-refractivity contribution >= 4 is 11.8 Å². The van der Waals surface area contributed by atoms with Gasteiger partial charge in [0.15, 0.2) is 0 Å². The van der Waals surface area contributed by atoms with Crippen LogP contribution in [0, 0.1) is 5.92 Å². The van der Waals surface area contributed by atoms with E-state index in [1.807, 2.05) is 4.90 Å². The smallest absolute Gasteiger partial charge is 0.243 e. The van der Waals surface area contributed by atoms with E-state index in [1.165, 1.54) is 0 Å². The number of nitrogens with zero attached hydrogens (tertiary/aromatic N) is 1. The molecule has 2 amide bonds. The maximum absolute atomic E-state index is 12.7. The molecular weight excluding hydrogens is 264 g/mol. The molecule has 4 nitrogen and oxygen atoms in total. The number of carbonyl (C=O) groups is 2. The zero-order chi connectivity index (χ0) is 15.2. The molecule has 4 heteroatoms. The number of hydrogen-bond donors (Lipinski definition) is 1. The van der Waals surface area contributed by atoms with Crippen LogP contribution in [-0.4, -0.2) is 35.3 Å². The SMILES string of the molecule is CC(C)C[C@@H](C(=O)N[C@@H]1CC=CCC1)N1CCCCC1=O. The van der Waals surface area contributed by atoms with Crippen molar-refractivity contribution < 1.29 is 9.59 Å². The van der Waals surface area contributed by atoms with Gasteiger partial charge < -0.3 is 10.2 Å². The largest absolute Gasteiger partial charge is 0.351 e. The minimum Gasteiger partial charge on any atom is -0.351 e. The number of piperidine rings is 1. The fraction of sp³-hybridized carbons (Fsp3) is 0.765. The number of carbonyl (C=O) groups excluding carboxylic acids is 2. The zero-order valence-corrected chi connectivity index (χ0v) is 13.3. The Morgan fingerprint density at radius 3 is 2.81 bits per heavy atom. The average Bonchev–Trinajstić information content (AvgIpc) is 2.46. The van der Waals surface area contributed by atoms with Crippen molar-refractivity contribution in [2.24, 2.45) is 5.92 Å². The maximum Gasteiger partial charge on any atom is 0.243 e. The molecule has 118 valence electrons. The van der Waals surface area contributed by atoms with Gasteiger partial charge in [-0.2, -0.15) is 0 Å². The molecule has 0 spiro atoms. The van der Waals surface area contributed by atoms with Gasteiger partial charge in [-0.15, -0.1) is 0 Å². The predicted octanol–water partition coefficient (Wildman–Crippen LogP) is 2.64. The molecule has 0 radical (unpaired) electrons. The zero-order valence-electron chi connectivity index (χ0n) is 13.3. The van der Waals surface area contributed by atoms with E-state index < -0.39 is 0 Å². The highest BCUT2D eigenvalue weighted by molar-refractivity contribution is 5.88. The summed E-state index contributed by atoms with van der Waals surface area (Å²) in [6, 6.07) is -0.0549. The van der Waals surface area contributed by atoms with Crippen molar-refractivity contribution in [3.05, 3.63) is 12.2 Å². The number of nitrogens with one attached hydrogen (secondary N) is 1. The van der Waals surface area contributed by atoms with Crippen LogP contribution < -0.4 is 5.32 Å². The Balaban J connectivity index is 2.01. The Morgan fingerprint density at radius 1 is 1.38 bits per heavy atom. The highest BCUT2D eigenvalue weighted by Crippen LogP contribution is 2.20. The third-order valence-corrected chi connectivity index (χ3v) is 4.35. The van der Waals surface area contributed by atoms with Gasteiger partial charge in [0, 0.05) is 19.0 Å². The van der Waals surface area contributed by atoms with Gasteiger partial charge in [-0.3, -0.25) is 9.59 Å². The van der Waals surface area contributed by atoms with Gasteiger partial charge in [0.25, 0.3) is 0 Å². The highest BCUT2D eigenvalue weighted by Gasteiger charge is 2.32. The molecule has 0 saturated carbocycles. The second-order valence-corrected chi connectivity index (χ2v) is 6.68. The molecule has 2 aliphatic rings. The minimum atomic E-state index is -0.288. The van der Waals surface area contributed by atoms with E-state index in [0.29, 0.717) is 12.3 Å². The summed E-state index contributed by atoms with van der Waals surface area (Å²) in [6.45, 7) is 4.95. The van der Waals surface area contributed by atoms with Gasteiger partial charge in [0.1, 0.15) is 6.04 Å². The highest BCUT2D eigenvalue weighted by atomic mass is 16.2. The number of amides is 2. The molecule has 0 aromatic carbocycles. The van der Waals surface area contributed by atoms with Crippen LogP contribution in [0.2, 0.25) is 0 Å². The van der Waals surface area contributed by atoms with Crippen LogP contribution in [0.5, 0.6) is 0 Å². The Labute approximate surface area is 128 Å². The van der Waals surface area contributed by atoms with Crippen molar-refractivity contribution in [3.63, 3.8) is 0 Å². The van der Waals surface area contributed by atoms with Crippen LogP contribution in [0.3, 0.4) is 0 Å². The minimum absolute atomic E-state index is 0.0410. The lowest BCUT2D eigenvalue weighted by Crippen LogP contribution is -2.53. The molecule has 0 unspecified atom stereocenters. The molecule has 1 saturated heterocycles. The van der Waals surface area contributed by atoms with Crippen molar-refractivity contribution in [2.75, 3.05) is 6.54 Å². The van der Waals surface area contributed by atoms with Gasteiger partial charge in [-0.1, -0.05) is 26.0 Å². The fourth-order valence-electron chi connectivity index (χ4n) is 3.20. The second-order valence-electron chi connectivity index (χ2n) is 6.68. The van der Waals surface area contributed by atoms with Crippen LogP contribution in [0.4, 0.5) is 0 Å². The number of rotatable bonds is 5. The third-order valence-electron chi connectivity index (χ3n) is 4.35. The first-order chi connectivity index (χ1) is 10.1. The Kier molecular flexibility index (Phi) is 5.83. The summed E-state index contributed by atoms with van der Waals surface area (Å²) in [6.07, 6.45) is 10.6. The van der Waals surface area contributed by atoms with Crippen LogP contribution >= 0.6 is 0 Å². The molecule has 0 aromatic heterocycles. The van der Waals surface area contributed by atoms with E-state index >= 15 is 0 Å². The summed E-state index contributed by atoms with van der Waals surface area (Å²) in [5.74, 6) is 0.589. The van der Waals surface area contributed by atoms with Crippen LogP contribution in [0.15, 0.2) is 12.2 Å². The Hall–Kier alpha value is -1.32. The van der Waals surface area contributed by atoms with Crippen molar-refractivity contribution in [1.82, 2.24) is 10.2 Å². The summed E-state index contributed by atoms with van der Waals surface area (Å²) in [5, 5.41) is 3.16. The van der Waals surface area contributed by atoms with Gasteiger partial charge in [-0.05, 0) is 44.4 Å². The summed E-state index contributed by atoms with van der Waals surface area (Å²) < 4.78 is 0. The van der Waals surface area contributed by atoms with Crippen molar-refractivity contribution in [3.8, 4) is 0 Å². The molecule has 2 atom stereocenters. The fourth-order valence-corrected chi connectivity index (χ4v) is 3.20. The molecule has 21 heavy (non-hydrogen) atoms. The number of likely N-dealkylation sites (tertiary alicyclic amines) is 1. The quantitative estimate of drug-likeness (QED) is 0.792. The van der Waals surface area contributed by atoms with Gasteiger partial charge in [0.2, 0.25) is 11.8 Å². The average molecular weight is 292 g/mol. The number of hydrogen-bond acceptors (Lipinski definition) is 2.